The highest BCUT2D eigenvalue weighted by atomic mass is 19.1. The van der Waals surface area contributed by atoms with Gasteiger partial charge in [-0.05, 0) is 75.1 Å². The SMILES string of the molecule is CC(C)(C)OC(=O)N[C@@H](CCN(C(=O)CO)[C@@H](c1nc(-c2cc(F)ccc2F)cn1Cc1ccccc1)C(C)(C)C)C(=O)C[C@@H]1CCC[C@@H]1C(=O)NCCN1C(=O)C=CC1=O. The van der Waals surface area contributed by atoms with Crippen LogP contribution in [0, 0.1) is 28.9 Å². The summed E-state index contributed by atoms with van der Waals surface area (Å²) in [5.41, 5.74) is -0.798. The smallest absolute Gasteiger partial charge is 0.408 e. The van der Waals surface area contributed by atoms with E-state index in [1.807, 2.05) is 51.1 Å². The molecule has 5 amide bonds. The molecule has 5 rings (SSSR count). The number of halogens is 2. The Hall–Kier alpha value is -5.77. The Balaban J connectivity index is 1.43. The number of aliphatic hydroxyl groups is 1. The number of hydrogen-bond donors (Lipinski definition) is 3. The predicted octanol–water partition coefficient (Wildman–Crippen LogP) is 5.48. The summed E-state index contributed by atoms with van der Waals surface area (Å²) < 4.78 is 36.9. The predicted molar refractivity (Wildman–Crippen MR) is 221 cm³/mol. The van der Waals surface area contributed by atoms with Crippen molar-refractivity contribution in [1.82, 2.24) is 30.0 Å². The molecule has 328 valence electrons. The Bertz CT molecular complexity index is 2110. The second-order valence-corrected chi connectivity index (χ2v) is 17.6. The van der Waals surface area contributed by atoms with E-state index in [1.165, 1.54) is 17.1 Å². The van der Waals surface area contributed by atoms with E-state index in [1.54, 1.807) is 31.5 Å². The maximum atomic E-state index is 15.2. The molecule has 3 aromatic rings. The number of alkyl carbamates (subject to hydrolysis) is 1. The van der Waals surface area contributed by atoms with E-state index in [9.17, 15) is 38.3 Å². The largest absolute Gasteiger partial charge is 0.444 e. The van der Waals surface area contributed by atoms with Crippen LogP contribution < -0.4 is 10.6 Å². The normalized spacial score (nSPS) is 17.6. The molecule has 14 nitrogen and oxygen atoms in total. The van der Waals surface area contributed by atoms with Gasteiger partial charge in [0.05, 0.1) is 17.8 Å². The molecule has 2 heterocycles. The minimum atomic E-state index is -1.19. The van der Waals surface area contributed by atoms with Crippen LogP contribution in [0.15, 0.2) is 66.9 Å². The van der Waals surface area contributed by atoms with Gasteiger partial charge in [-0.1, -0.05) is 57.5 Å². The van der Waals surface area contributed by atoms with E-state index in [4.69, 9.17) is 9.72 Å². The minimum absolute atomic E-state index is 0.00271. The summed E-state index contributed by atoms with van der Waals surface area (Å²) in [5, 5.41) is 15.8. The molecule has 1 aromatic heterocycles. The monoisotopic (exact) mass is 846 g/mol. The molecule has 2 aromatic carbocycles. The van der Waals surface area contributed by atoms with Crippen LogP contribution in [0.5, 0.6) is 0 Å². The Kier molecular flexibility index (Phi) is 15.0. The second-order valence-electron chi connectivity index (χ2n) is 17.6. The molecule has 0 spiro atoms. The van der Waals surface area contributed by atoms with E-state index in [2.05, 4.69) is 10.6 Å². The van der Waals surface area contributed by atoms with Crippen LogP contribution in [0.25, 0.3) is 11.3 Å². The molecule has 2 aliphatic rings. The number of benzene rings is 2. The molecule has 61 heavy (non-hydrogen) atoms. The van der Waals surface area contributed by atoms with Gasteiger partial charge in [0.2, 0.25) is 11.8 Å². The molecular weight excluding hydrogens is 791 g/mol. The van der Waals surface area contributed by atoms with Crippen LogP contribution >= 0.6 is 0 Å². The molecule has 1 fully saturated rings. The number of amides is 5. The Morgan fingerprint density at radius 2 is 1.67 bits per heavy atom. The number of imide groups is 1. The van der Waals surface area contributed by atoms with Crippen LogP contribution in [0.4, 0.5) is 13.6 Å². The number of aliphatic hydroxyl groups excluding tert-OH is 1. The molecule has 4 atom stereocenters. The molecule has 0 unspecified atom stereocenters. The average molecular weight is 847 g/mol. The number of nitrogens with zero attached hydrogens (tertiary/aromatic N) is 4. The van der Waals surface area contributed by atoms with E-state index in [-0.39, 0.29) is 62.1 Å². The number of Topliss-reactive ketones (excluding diaryl/α,β-unsaturated/α-hetero) is 1. The van der Waals surface area contributed by atoms with Crippen molar-refractivity contribution in [2.45, 2.75) is 97.9 Å². The van der Waals surface area contributed by atoms with Crippen molar-refractivity contribution in [2.24, 2.45) is 17.3 Å². The van der Waals surface area contributed by atoms with Crippen LogP contribution in [0.2, 0.25) is 0 Å². The fourth-order valence-electron chi connectivity index (χ4n) is 7.99. The van der Waals surface area contributed by atoms with Gasteiger partial charge in [0.15, 0.2) is 5.78 Å². The number of carbonyl (C=O) groups is 6. The van der Waals surface area contributed by atoms with Crippen molar-refractivity contribution >= 4 is 35.5 Å². The number of ketones is 1. The molecule has 0 bridgehead atoms. The zero-order valence-corrected chi connectivity index (χ0v) is 35.6. The summed E-state index contributed by atoms with van der Waals surface area (Å²) in [6.45, 7) is 9.86. The van der Waals surface area contributed by atoms with E-state index >= 15 is 4.39 Å². The highest BCUT2D eigenvalue weighted by Gasteiger charge is 2.40. The molecular formula is C45H56F2N6O8. The Labute approximate surface area is 354 Å². The van der Waals surface area contributed by atoms with Gasteiger partial charge in [0, 0.05) is 62.4 Å². The standard InChI is InChI=1S/C45H56F2N6O8/c1-44(2,3)40(41-49-35(32-24-30(46)15-16-33(32)47)26-51(41)25-28-11-8-7-9-12-28)53(39(58)27-54)21-19-34(50-43(60)61-45(4,5)6)36(55)23-29-13-10-14-31(29)42(59)48-20-22-52-37(56)17-18-38(52)57/h7-9,11-12,15-18,24,26,29,31,34,40,54H,10,13-14,19-23,25,27H2,1-6H3,(H,48,59)(H,50,60)/t29-,31-,34-,40-/m0/s1. The number of ether oxygens (including phenoxy) is 1. The maximum Gasteiger partial charge on any atom is 0.408 e. The summed E-state index contributed by atoms with van der Waals surface area (Å²) >= 11 is 0. The first-order chi connectivity index (χ1) is 28.7. The van der Waals surface area contributed by atoms with E-state index in [0.29, 0.717) is 25.1 Å². The zero-order chi connectivity index (χ0) is 44.6. The van der Waals surface area contributed by atoms with Gasteiger partial charge in [0.25, 0.3) is 11.8 Å². The average Bonchev–Trinajstić information content (AvgIpc) is 3.91. The van der Waals surface area contributed by atoms with Gasteiger partial charge in [-0.2, -0.15) is 0 Å². The van der Waals surface area contributed by atoms with Crippen LogP contribution in [0.1, 0.15) is 91.1 Å². The van der Waals surface area contributed by atoms with Crippen molar-refractivity contribution in [3.8, 4) is 11.3 Å². The first-order valence-corrected chi connectivity index (χ1v) is 20.6. The quantitative estimate of drug-likeness (QED) is 0.148. The Morgan fingerprint density at radius 3 is 2.31 bits per heavy atom. The van der Waals surface area contributed by atoms with Gasteiger partial charge < -0.3 is 29.9 Å². The van der Waals surface area contributed by atoms with Gasteiger partial charge in [0.1, 0.15) is 29.7 Å². The fourth-order valence-corrected chi connectivity index (χ4v) is 7.99. The third-order valence-corrected chi connectivity index (χ3v) is 10.8. The topological polar surface area (TPSA) is 180 Å². The number of imidazole rings is 1. The van der Waals surface area contributed by atoms with Gasteiger partial charge in [-0.3, -0.25) is 28.9 Å². The first-order valence-electron chi connectivity index (χ1n) is 20.6. The van der Waals surface area contributed by atoms with Crippen molar-refractivity contribution in [3.05, 3.63) is 89.9 Å². The molecule has 3 N–H and O–H groups in total. The molecule has 1 aliphatic heterocycles. The van der Waals surface area contributed by atoms with E-state index in [0.717, 1.165) is 28.7 Å². The van der Waals surface area contributed by atoms with Crippen molar-refractivity contribution in [1.29, 1.82) is 0 Å². The Morgan fingerprint density at radius 1 is 0.984 bits per heavy atom. The second kappa shape index (κ2) is 19.7. The lowest BCUT2D eigenvalue weighted by Gasteiger charge is -2.40. The maximum absolute atomic E-state index is 15.2. The van der Waals surface area contributed by atoms with Gasteiger partial charge >= 0.3 is 6.09 Å². The lowest BCUT2D eigenvalue weighted by atomic mass is 9.84. The summed E-state index contributed by atoms with van der Waals surface area (Å²) in [7, 11) is 0. The number of carbonyl (C=O) groups excluding carboxylic acids is 6. The lowest BCUT2D eigenvalue weighted by Crippen LogP contribution is -2.49. The summed E-state index contributed by atoms with van der Waals surface area (Å²) in [4.78, 5) is 85.8. The lowest BCUT2D eigenvalue weighted by molar-refractivity contribution is -0.140. The molecule has 0 saturated heterocycles. The molecule has 1 aliphatic carbocycles. The highest BCUT2D eigenvalue weighted by molar-refractivity contribution is 6.12. The summed E-state index contributed by atoms with van der Waals surface area (Å²) in [6.07, 6.45) is 4.63. The first kappa shape index (κ1) is 46.3. The molecule has 16 heteroatoms. The summed E-state index contributed by atoms with van der Waals surface area (Å²) in [5.74, 6) is -4.28. The number of hydrogen-bond acceptors (Lipinski definition) is 9. The van der Waals surface area contributed by atoms with Crippen molar-refractivity contribution in [2.75, 3.05) is 26.2 Å². The summed E-state index contributed by atoms with van der Waals surface area (Å²) in [6, 6.07) is 10.3. The van der Waals surface area contributed by atoms with Crippen molar-refractivity contribution in [3.63, 3.8) is 0 Å². The van der Waals surface area contributed by atoms with Crippen molar-refractivity contribution < 1.29 is 47.4 Å². The fraction of sp³-hybridized carbons (Fsp3) is 0.489. The van der Waals surface area contributed by atoms with Crippen LogP contribution in [-0.4, -0.2) is 97.8 Å². The minimum Gasteiger partial charge on any atom is -0.444 e. The number of rotatable bonds is 17. The van der Waals surface area contributed by atoms with Crippen LogP contribution in [-0.2, 0) is 35.3 Å². The molecule has 0 radical (unpaired) electrons. The molecule has 1 saturated carbocycles. The van der Waals surface area contributed by atoms with Crippen LogP contribution in [0.3, 0.4) is 0 Å². The van der Waals surface area contributed by atoms with E-state index < -0.39 is 76.9 Å². The zero-order valence-electron chi connectivity index (χ0n) is 35.6. The van der Waals surface area contributed by atoms with Gasteiger partial charge in [-0.15, -0.1) is 0 Å². The third-order valence-electron chi connectivity index (χ3n) is 10.8. The van der Waals surface area contributed by atoms with Gasteiger partial charge in [-0.25, -0.2) is 18.6 Å². The highest BCUT2D eigenvalue weighted by Crippen LogP contribution is 2.40. The number of nitrogens with one attached hydrogen (secondary N) is 2. The third kappa shape index (κ3) is 12.2. The number of aromatic nitrogens is 2.